The summed E-state index contributed by atoms with van der Waals surface area (Å²) >= 11 is 5.92. The molecule has 1 saturated heterocycles. The van der Waals surface area contributed by atoms with Crippen LogP contribution in [0.1, 0.15) is 12.5 Å². The maximum Gasteiger partial charge on any atom is 0.306 e. The summed E-state index contributed by atoms with van der Waals surface area (Å²) < 4.78 is 1.46. The molecule has 0 bridgehead atoms. The first-order valence-corrected chi connectivity index (χ1v) is 9.22. The Morgan fingerprint density at radius 2 is 1.93 bits per heavy atom. The third-order valence-electron chi connectivity index (χ3n) is 4.72. The van der Waals surface area contributed by atoms with Gasteiger partial charge in [-0.2, -0.15) is 5.10 Å². The van der Waals surface area contributed by atoms with Crippen molar-refractivity contribution in [1.82, 2.24) is 19.6 Å². The number of halogens is 1. The van der Waals surface area contributed by atoms with Gasteiger partial charge >= 0.3 is 5.69 Å². The highest BCUT2D eigenvalue weighted by atomic mass is 35.5. The van der Waals surface area contributed by atoms with Crippen molar-refractivity contribution in [2.45, 2.75) is 20.0 Å². The highest BCUT2D eigenvalue weighted by Gasteiger charge is 2.25. The fourth-order valence-corrected chi connectivity index (χ4v) is 3.32. The van der Waals surface area contributed by atoms with Crippen LogP contribution in [-0.4, -0.2) is 56.6 Å². The van der Waals surface area contributed by atoms with Gasteiger partial charge in [0.05, 0.1) is 17.4 Å². The van der Waals surface area contributed by atoms with E-state index >= 15 is 0 Å². The zero-order valence-electron chi connectivity index (χ0n) is 15.1. The van der Waals surface area contributed by atoms with Crippen molar-refractivity contribution in [3.8, 4) is 0 Å². The summed E-state index contributed by atoms with van der Waals surface area (Å²) in [7, 11) is 0. The number of hydrogen-bond acceptors (Lipinski definition) is 5. The Morgan fingerprint density at radius 1 is 1.26 bits per heavy atom. The molecule has 3 rings (SSSR count). The predicted octanol–water partition coefficient (Wildman–Crippen LogP) is 2.43. The highest BCUT2D eigenvalue weighted by molar-refractivity contribution is 6.30. The predicted molar refractivity (Wildman–Crippen MR) is 101 cm³/mol. The Hall–Kier alpha value is -2.45. The summed E-state index contributed by atoms with van der Waals surface area (Å²) in [5.74, 6) is -0.230. The monoisotopic (exact) mass is 391 g/mol. The summed E-state index contributed by atoms with van der Waals surface area (Å²) in [6, 6.07) is 7.81. The lowest BCUT2D eigenvalue weighted by Crippen LogP contribution is -2.50. The van der Waals surface area contributed by atoms with Gasteiger partial charge in [0, 0.05) is 37.7 Å². The molecule has 144 valence electrons. The van der Waals surface area contributed by atoms with Gasteiger partial charge in [-0.25, -0.2) is 0 Å². The number of nitrogens with zero attached hydrogens (tertiary/aromatic N) is 5. The molecule has 0 aliphatic carbocycles. The lowest BCUT2D eigenvalue weighted by molar-refractivity contribution is -0.385. The van der Waals surface area contributed by atoms with E-state index in [1.54, 1.807) is 0 Å². The van der Waals surface area contributed by atoms with Crippen LogP contribution in [0.25, 0.3) is 0 Å². The van der Waals surface area contributed by atoms with E-state index in [9.17, 15) is 14.9 Å². The number of nitro groups is 1. The van der Waals surface area contributed by atoms with Crippen molar-refractivity contribution in [3.63, 3.8) is 0 Å². The van der Waals surface area contributed by atoms with Crippen LogP contribution < -0.4 is 0 Å². The molecule has 1 unspecified atom stereocenters. The Kier molecular flexibility index (Phi) is 6.08. The van der Waals surface area contributed by atoms with Gasteiger partial charge in [-0.3, -0.25) is 24.5 Å². The van der Waals surface area contributed by atoms with Gasteiger partial charge in [0.25, 0.3) is 0 Å². The molecule has 1 aliphatic rings. The summed E-state index contributed by atoms with van der Waals surface area (Å²) in [5.41, 5.74) is 1.14. The summed E-state index contributed by atoms with van der Waals surface area (Å²) in [6.45, 7) is 5.98. The normalized spacial score (nSPS) is 16.3. The third kappa shape index (κ3) is 5.05. The number of hydrogen-bond donors (Lipinski definition) is 0. The van der Waals surface area contributed by atoms with Crippen LogP contribution >= 0.6 is 11.6 Å². The summed E-state index contributed by atoms with van der Waals surface area (Å²) in [4.78, 5) is 27.1. The minimum absolute atomic E-state index is 0.0549. The third-order valence-corrected chi connectivity index (χ3v) is 4.97. The Labute approximate surface area is 162 Å². The van der Waals surface area contributed by atoms with Crippen LogP contribution in [0.5, 0.6) is 0 Å². The topological polar surface area (TPSA) is 84.5 Å². The van der Waals surface area contributed by atoms with Crippen molar-refractivity contribution in [3.05, 3.63) is 57.4 Å². The molecule has 9 heteroatoms. The van der Waals surface area contributed by atoms with E-state index in [4.69, 9.17) is 11.6 Å². The van der Waals surface area contributed by atoms with Gasteiger partial charge in [-0.05, 0) is 17.7 Å². The lowest BCUT2D eigenvalue weighted by Gasteiger charge is -2.36. The van der Waals surface area contributed by atoms with Crippen LogP contribution in [0.15, 0.2) is 36.7 Å². The van der Waals surface area contributed by atoms with Crippen molar-refractivity contribution < 1.29 is 9.72 Å². The number of rotatable bonds is 6. The zero-order valence-corrected chi connectivity index (χ0v) is 15.9. The van der Waals surface area contributed by atoms with Crippen molar-refractivity contribution in [1.29, 1.82) is 0 Å². The van der Waals surface area contributed by atoms with E-state index in [1.165, 1.54) is 22.6 Å². The average Bonchev–Trinajstić information content (AvgIpc) is 3.12. The van der Waals surface area contributed by atoms with E-state index in [-0.39, 0.29) is 17.5 Å². The van der Waals surface area contributed by atoms with E-state index < -0.39 is 4.92 Å². The molecule has 0 N–H and O–H groups in total. The van der Waals surface area contributed by atoms with Crippen molar-refractivity contribution in [2.75, 3.05) is 26.2 Å². The summed E-state index contributed by atoms with van der Waals surface area (Å²) in [5, 5.41) is 15.4. The molecule has 1 atom stereocenters. The maximum absolute atomic E-state index is 12.7. The van der Waals surface area contributed by atoms with Gasteiger partial charge in [0.1, 0.15) is 12.4 Å². The molecule has 1 aromatic heterocycles. The molecule has 1 aliphatic heterocycles. The number of carbonyl (C=O) groups excluding carboxylic acids is 1. The number of amides is 1. The minimum atomic E-state index is -0.490. The lowest BCUT2D eigenvalue weighted by atomic mass is 10.1. The Balaban J connectivity index is 1.48. The van der Waals surface area contributed by atoms with E-state index in [0.717, 1.165) is 24.7 Å². The average molecular weight is 392 g/mol. The largest absolute Gasteiger partial charge is 0.340 e. The van der Waals surface area contributed by atoms with Crippen molar-refractivity contribution >= 4 is 23.2 Å². The van der Waals surface area contributed by atoms with Gasteiger partial charge in [0.15, 0.2) is 0 Å². The van der Waals surface area contributed by atoms with Crippen molar-refractivity contribution in [2.24, 2.45) is 5.92 Å². The van der Waals surface area contributed by atoms with Gasteiger partial charge in [0.2, 0.25) is 5.91 Å². The molecular formula is C18H22ClN5O3. The van der Waals surface area contributed by atoms with Gasteiger partial charge in [-0.15, -0.1) is 0 Å². The zero-order chi connectivity index (χ0) is 19.4. The molecule has 1 aromatic carbocycles. The summed E-state index contributed by atoms with van der Waals surface area (Å²) in [6.07, 6.45) is 2.56. The second-order valence-corrected chi connectivity index (χ2v) is 7.24. The van der Waals surface area contributed by atoms with Crippen LogP contribution in [0.2, 0.25) is 5.02 Å². The first-order valence-electron chi connectivity index (χ1n) is 8.85. The molecule has 2 heterocycles. The van der Waals surface area contributed by atoms with Crippen LogP contribution in [-0.2, 0) is 17.9 Å². The first-order chi connectivity index (χ1) is 12.9. The molecular weight excluding hydrogens is 370 g/mol. The highest BCUT2D eigenvalue weighted by Crippen LogP contribution is 2.15. The SMILES string of the molecule is CC(Cn1cc([N+](=O)[O-])cn1)C(=O)N1CCN(Cc2ccc(Cl)cc2)CC1. The smallest absolute Gasteiger partial charge is 0.306 e. The molecule has 1 fully saturated rings. The molecule has 8 nitrogen and oxygen atoms in total. The Bertz CT molecular complexity index is 800. The molecule has 1 amide bonds. The molecule has 0 spiro atoms. The van der Waals surface area contributed by atoms with E-state index in [2.05, 4.69) is 10.00 Å². The van der Waals surface area contributed by atoms with E-state index in [0.29, 0.717) is 19.6 Å². The Morgan fingerprint density at radius 3 is 2.52 bits per heavy atom. The number of benzene rings is 1. The standard InChI is InChI=1S/C18H22ClN5O3/c1-14(11-23-13-17(10-20-23)24(26)27)18(25)22-8-6-21(7-9-22)12-15-2-4-16(19)5-3-15/h2-5,10,13-14H,6-9,11-12H2,1H3. The van der Waals surface area contributed by atoms with Crippen LogP contribution in [0.3, 0.4) is 0 Å². The number of aromatic nitrogens is 2. The fourth-order valence-electron chi connectivity index (χ4n) is 3.19. The van der Waals surface area contributed by atoms with Crippen LogP contribution in [0, 0.1) is 16.0 Å². The molecule has 27 heavy (non-hydrogen) atoms. The first kappa shape index (κ1) is 19.3. The minimum Gasteiger partial charge on any atom is -0.340 e. The molecule has 0 radical (unpaired) electrons. The van der Waals surface area contributed by atoms with E-state index in [1.807, 2.05) is 36.1 Å². The molecule has 2 aromatic rings. The molecule has 0 saturated carbocycles. The fraction of sp³-hybridized carbons (Fsp3) is 0.444. The van der Waals surface area contributed by atoms with Crippen LogP contribution in [0.4, 0.5) is 5.69 Å². The second-order valence-electron chi connectivity index (χ2n) is 6.81. The van der Waals surface area contributed by atoms with Gasteiger partial charge < -0.3 is 4.90 Å². The maximum atomic E-state index is 12.7. The number of carbonyl (C=O) groups is 1. The quantitative estimate of drug-likeness (QED) is 0.557. The second kappa shape index (κ2) is 8.49. The number of piperazine rings is 1. The van der Waals surface area contributed by atoms with Gasteiger partial charge in [-0.1, -0.05) is 30.7 Å².